The molecule has 0 aliphatic carbocycles. The fourth-order valence-electron chi connectivity index (χ4n) is 1.23. The Hall–Kier alpha value is -1.30. The molecule has 0 aromatic heterocycles. The molecule has 2 amide bonds. The average molecular weight is 246 g/mol. The van der Waals surface area contributed by atoms with Gasteiger partial charge in [-0.25, -0.2) is 4.79 Å². The first-order valence-corrected chi connectivity index (χ1v) is 5.75. The monoisotopic (exact) mass is 246 g/mol. The lowest BCUT2D eigenvalue weighted by atomic mass is 10.0. The Morgan fingerprint density at radius 2 is 1.88 bits per heavy atom. The van der Waals surface area contributed by atoms with Gasteiger partial charge >= 0.3 is 12.0 Å². The van der Waals surface area contributed by atoms with Crippen LogP contribution in [0, 0.1) is 5.92 Å². The molecule has 3 N–H and O–H groups in total. The van der Waals surface area contributed by atoms with Crippen molar-refractivity contribution < 1.29 is 19.4 Å². The highest BCUT2D eigenvalue weighted by molar-refractivity contribution is 5.74. The third-order valence-corrected chi connectivity index (χ3v) is 2.54. The molecule has 0 rings (SSSR count). The standard InChI is InChI=1S/C11H22N2O4/c1-4-9(5-10(14)15)7-13-11(16)12-6-8(2)17-3/h8-9H,4-7H2,1-3H3,(H,14,15)(H2,12,13,16). The Bertz CT molecular complexity index is 246. The summed E-state index contributed by atoms with van der Waals surface area (Å²) in [7, 11) is 1.57. The van der Waals surface area contributed by atoms with Crippen LogP contribution in [0.25, 0.3) is 0 Å². The van der Waals surface area contributed by atoms with Crippen LogP contribution in [0.2, 0.25) is 0 Å². The van der Waals surface area contributed by atoms with Gasteiger partial charge in [-0.3, -0.25) is 4.79 Å². The van der Waals surface area contributed by atoms with Gasteiger partial charge in [0.15, 0.2) is 0 Å². The number of rotatable bonds is 8. The van der Waals surface area contributed by atoms with E-state index in [1.54, 1.807) is 7.11 Å². The largest absolute Gasteiger partial charge is 0.481 e. The second-order valence-corrected chi connectivity index (χ2v) is 4.01. The van der Waals surface area contributed by atoms with Crippen LogP contribution in [-0.4, -0.2) is 43.4 Å². The molecule has 0 spiro atoms. The van der Waals surface area contributed by atoms with E-state index in [1.165, 1.54) is 0 Å². The summed E-state index contributed by atoms with van der Waals surface area (Å²) < 4.78 is 4.98. The average Bonchev–Trinajstić information content (AvgIpc) is 2.30. The normalized spacial score (nSPS) is 13.8. The maximum absolute atomic E-state index is 11.3. The molecule has 0 aliphatic heterocycles. The van der Waals surface area contributed by atoms with Crippen LogP contribution >= 0.6 is 0 Å². The number of methoxy groups -OCH3 is 1. The first kappa shape index (κ1) is 15.7. The molecule has 0 aliphatic rings. The van der Waals surface area contributed by atoms with Crippen molar-refractivity contribution in [2.45, 2.75) is 32.8 Å². The second kappa shape index (κ2) is 8.81. The molecule has 0 aromatic carbocycles. The van der Waals surface area contributed by atoms with E-state index >= 15 is 0 Å². The Morgan fingerprint density at radius 1 is 1.29 bits per heavy atom. The van der Waals surface area contributed by atoms with Crippen LogP contribution in [0.15, 0.2) is 0 Å². The molecule has 0 saturated heterocycles. The van der Waals surface area contributed by atoms with Gasteiger partial charge in [0.1, 0.15) is 0 Å². The molecule has 2 atom stereocenters. The maximum atomic E-state index is 11.3. The lowest BCUT2D eigenvalue weighted by molar-refractivity contribution is -0.138. The van der Waals surface area contributed by atoms with E-state index in [-0.39, 0.29) is 24.5 Å². The molecule has 0 heterocycles. The minimum atomic E-state index is -0.841. The van der Waals surface area contributed by atoms with Crippen molar-refractivity contribution in [3.63, 3.8) is 0 Å². The van der Waals surface area contributed by atoms with Gasteiger partial charge in [0.2, 0.25) is 0 Å². The van der Waals surface area contributed by atoms with Crippen LogP contribution in [0.3, 0.4) is 0 Å². The van der Waals surface area contributed by atoms with E-state index in [0.29, 0.717) is 13.1 Å². The van der Waals surface area contributed by atoms with Gasteiger partial charge in [-0.1, -0.05) is 13.3 Å². The Balaban J connectivity index is 3.77. The van der Waals surface area contributed by atoms with Crippen molar-refractivity contribution in [3.8, 4) is 0 Å². The first-order valence-electron chi connectivity index (χ1n) is 5.75. The number of hydrogen-bond acceptors (Lipinski definition) is 3. The molecular weight excluding hydrogens is 224 g/mol. The van der Waals surface area contributed by atoms with Crippen molar-refractivity contribution in [2.24, 2.45) is 5.92 Å². The molecular formula is C11H22N2O4. The van der Waals surface area contributed by atoms with Crippen molar-refractivity contribution in [2.75, 3.05) is 20.2 Å². The predicted molar refractivity (Wildman–Crippen MR) is 63.9 cm³/mol. The van der Waals surface area contributed by atoms with Crippen LogP contribution in [-0.2, 0) is 9.53 Å². The van der Waals surface area contributed by atoms with Gasteiger partial charge in [-0.15, -0.1) is 0 Å². The summed E-state index contributed by atoms with van der Waals surface area (Å²) in [6.07, 6.45) is 0.758. The van der Waals surface area contributed by atoms with Crippen molar-refractivity contribution >= 4 is 12.0 Å². The van der Waals surface area contributed by atoms with E-state index in [4.69, 9.17) is 9.84 Å². The Morgan fingerprint density at radius 3 is 2.35 bits per heavy atom. The second-order valence-electron chi connectivity index (χ2n) is 4.01. The number of carboxylic acids is 1. The number of carbonyl (C=O) groups is 2. The molecule has 17 heavy (non-hydrogen) atoms. The van der Waals surface area contributed by atoms with E-state index in [1.807, 2.05) is 13.8 Å². The summed E-state index contributed by atoms with van der Waals surface area (Å²) in [5.41, 5.74) is 0. The highest BCUT2D eigenvalue weighted by atomic mass is 16.5. The minimum Gasteiger partial charge on any atom is -0.481 e. The molecule has 0 aromatic rings. The molecule has 100 valence electrons. The maximum Gasteiger partial charge on any atom is 0.314 e. The zero-order chi connectivity index (χ0) is 13.3. The molecule has 0 radical (unpaired) electrons. The number of amides is 2. The van der Waals surface area contributed by atoms with E-state index in [0.717, 1.165) is 6.42 Å². The van der Waals surface area contributed by atoms with E-state index in [2.05, 4.69) is 10.6 Å². The first-order chi connectivity index (χ1) is 7.99. The number of aliphatic carboxylic acids is 1. The lowest BCUT2D eigenvalue weighted by Gasteiger charge is -2.15. The summed E-state index contributed by atoms with van der Waals surface area (Å²) in [5.74, 6) is -0.870. The summed E-state index contributed by atoms with van der Waals surface area (Å²) in [4.78, 5) is 21.9. The van der Waals surface area contributed by atoms with Gasteiger partial charge in [0.05, 0.1) is 6.10 Å². The quantitative estimate of drug-likeness (QED) is 0.591. The molecule has 6 heteroatoms. The SMILES string of the molecule is CCC(CNC(=O)NCC(C)OC)CC(=O)O. The summed E-state index contributed by atoms with van der Waals surface area (Å²) >= 11 is 0. The number of nitrogens with one attached hydrogen (secondary N) is 2. The molecule has 0 fully saturated rings. The molecule has 0 bridgehead atoms. The fraction of sp³-hybridized carbons (Fsp3) is 0.818. The van der Waals surface area contributed by atoms with Crippen LogP contribution < -0.4 is 10.6 Å². The molecule has 0 saturated carbocycles. The summed E-state index contributed by atoms with van der Waals surface area (Å²) in [5, 5.41) is 13.9. The van der Waals surface area contributed by atoms with Crippen molar-refractivity contribution in [1.82, 2.24) is 10.6 Å². The van der Waals surface area contributed by atoms with Crippen LogP contribution in [0.1, 0.15) is 26.7 Å². The van der Waals surface area contributed by atoms with Crippen LogP contribution in [0.5, 0.6) is 0 Å². The zero-order valence-corrected chi connectivity index (χ0v) is 10.7. The Kier molecular flexibility index (Phi) is 8.13. The molecule has 6 nitrogen and oxygen atoms in total. The highest BCUT2D eigenvalue weighted by Crippen LogP contribution is 2.06. The zero-order valence-electron chi connectivity index (χ0n) is 10.7. The number of urea groups is 1. The van der Waals surface area contributed by atoms with Gasteiger partial charge < -0.3 is 20.5 Å². The summed E-state index contributed by atoms with van der Waals surface area (Å²) in [6, 6.07) is -0.294. The van der Waals surface area contributed by atoms with E-state index < -0.39 is 5.97 Å². The number of carboxylic acid groups (broad SMARTS) is 1. The summed E-state index contributed by atoms with van der Waals surface area (Å²) in [6.45, 7) is 4.55. The van der Waals surface area contributed by atoms with Crippen molar-refractivity contribution in [3.05, 3.63) is 0 Å². The number of carbonyl (C=O) groups excluding carboxylic acids is 1. The smallest absolute Gasteiger partial charge is 0.314 e. The third kappa shape index (κ3) is 8.50. The van der Waals surface area contributed by atoms with Gasteiger partial charge in [0, 0.05) is 26.6 Å². The predicted octanol–water partition coefficient (Wildman–Crippen LogP) is 0.821. The topological polar surface area (TPSA) is 87.7 Å². The Labute approximate surface area is 102 Å². The number of hydrogen-bond donors (Lipinski definition) is 3. The lowest BCUT2D eigenvalue weighted by Crippen LogP contribution is -2.41. The minimum absolute atomic E-state index is 0.0295. The van der Waals surface area contributed by atoms with Gasteiger partial charge in [-0.2, -0.15) is 0 Å². The van der Waals surface area contributed by atoms with Gasteiger partial charge in [-0.05, 0) is 12.8 Å². The fourth-order valence-corrected chi connectivity index (χ4v) is 1.23. The number of ether oxygens (including phenoxy) is 1. The van der Waals surface area contributed by atoms with Crippen LogP contribution in [0.4, 0.5) is 4.79 Å². The highest BCUT2D eigenvalue weighted by Gasteiger charge is 2.12. The van der Waals surface area contributed by atoms with Crippen molar-refractivity contribution in [1.29, 1.82) is 0 Å². The molecule has 2 unspecified atom stereocenters. The van der Waals surface area contributed by atoms with Gasteiger partial charge in [0.25, 0.3) is 0 Å². The van der Waals surface area contributed by atoms with E-state index in [9.17, 15) is 9.59 Å². The third-order valence-electron chi connectivity index (χ3n) is 2.54.